The molecule has 1 fully saturated rings. The number of benzene rings is 2. The van der Waals surface area contributed by atoms with Crippen LogP contribution in [0, 0.1) is 11.3 Å². The second kappa shape index (κ2) is 6.76. The van der Waals surface area contributed by atoms with E-state index in [1.54, 1.807) is 0 Å². The summed E-state index contributed by atoms with van der Waals surface area (Å²) >= 11 is 0. The van der Waals surface area contributed by atoms with Gasteiger partial charge < -0.3 is 0 Å². The summed E-state index contributed by atoms with van der Waals surface area (Å²) in [6.07, 6.45) is 0.715. The zero-order valence-corrected chi connectivity index (χ0v) is 14.5. The van der Waals surface area contributed by atoms with Gasteiger partial charge in [-0.15, -0.1) is 0 Å². The van der Waals surface area contributed by atoms with Crippen molar-refractivity contribution in [1.29, 1.82) is 5.26 Å². The van der Waals surface area contributed by atoms with Crippen molar-refractivity contribution in [2.45, 2.75) is 19.0 Å². The third kappa shape index (κ3) is 3.66. The van der Waals surface area contributed by atoms with Crippen LogP contribution >= 0.6 is 0 Å². The third-order valence-corrected chi connectivity index (χ3v) is 6.33. The molecule has 1 aliphatic heterocycles. The minimum atomic E-state index is -2.86. The fraction of sp³-hybridized carbons (Fsp3) is 0.316. The Morgan fingerprint density at radius 3 is 2.50 bits per heavy atom. The molecule has 5 heteroatoms. The first-order valence-corrected chi connectivity index (χ1v) is 9.80. The molecule has 2 aromatic rings. The van der Waals surface area contributed by atoms with Crippen molar-refractivity contribution in [2.24, 2.45) is 0 Å². The molecular weight excluding hydrogens is 320 g/mol. The smallest absolute Gasteiger partial charge is 0.151 e. The molecule has 0 bridgehead atoms. The summed E-state index contributed by atoms with van der Waals surface area (Å²) in [4.78, 5) is 2.11. The highest BCUT2D eigenvalue weighted by atomic mass is 32.2. The molecule has 124 valence electrons. The van der Waals surface area contributed by atoms with Crippen LogP contribution in [0.3, 0.4) is 0 Å². The lowest BCUT2D eigenvalue weighted by molar-refractivity contribution is 0.254. The van der Waals surface area contributed by atoms with E-state index < -0.39 is 9.84 Å². The van der Waals surface area contributed by atoms with Crippen LogP contribution in [0.1, 0.15) is 17.5 Å². The van der Waals surface area contributed by atoms with Gasteiger partial charge in [0.25, 0.3) is 0 Å². The van der Waals surface area contributed by atoms with E-state index in [2.05, 4.69) is 11.0 Å². The summed E-state index contributed by atoms with van der Waals surface area (Å²) in [7, 11) is -0.879. The summed E-state index contributed by atoms with van der Waals surface area (Å²) < 4.78 is 23.2. The average molecular weight is 340 g/mol. The van der Waals surface area contributed by atoms with Gasteiger partial charge in [-0.3, -0.25) is 4.90 Å². The van der Waals surface area contributed by atoms with E-state index in [9.17, 15) is 13.7 Å². The van der Waals surface area contributed by atoms with E-state index in [4.69, 9.17) is 0 Å². The molecule has 0 radical (unpaired) electrons. The monoisotopic (exact) mass is 340 g/mol. The quantitative estimate of drug-likeness (QED) is 0.859. The van der Waals surface area contributed by atoms with Gasteiger partial charge in [0.2, 0.25) is 0 Å². The molecule has 24 heavy (non-hydrogen) atoms. The zero-order chi connectivity index (χ0) is 17.2. The Hall–Kier alpha value is -2.16. The van der Waals surface area contributed by atoms with E-state index in [-0.39, 0.29) is 11.8 Å². The SMILES string of the molecule is CN(Cc1ccc(-c2ccccc2C#N)cc1)C1CCS(=O)(=O)C1. The molecule has 0 saturated carbocycles. The van der Waals surface area contributed by atoms with Gasteiger partial charge in [0.1, 0.15) is 0 Å². The minimum absolute atomic E-state index is 0.106. The van der Waals surface area contributed by atoms with Crippen LogP contribution in [0.15, 0.2) is 48.5 Å². The van der Waals surface area contributed by atoms with Crippen LogP contribution in [0.25, 0.3) is 11.1 Å². The maximum atomic E-state index is 11.6. The van der Waals surface area contributed by atoms with Gasteiger partial charge in [0.05, 0.1) is 23.1 Å². The van der Waals surface area contributed by atoms with Gasteiger partial charge in [-0.1, -0.05) is 42.5 Å². The highest BCUT2D eigenvalue weighted by Gasteiger charge is 2.30. The molecule has 0 amide bonds. The van der Waals surface area contributed by atoms with E-state index in [0.29, 0.717) is 17.7 Å². The average Bonchev–Trinajstić information content (AvgIpc) is 2.96. The maximum absolute atomic E-state index is 11.6. The zero-order valence-electron chi connectivity index (χ0n) is 13.6. The van der Waals surface area contributed by atoms with Crippen LogP contribution in [-0.4, -0.2) is 37.9 Å². The molecule has 1 heterocycles. The largest absolute Gasteiger partial charge is 0.298 e. The number of rotatable bonds is 4. The highest BCUT2D eigenvalue weighted by molar-refractivity contribution is 7.91. The van der Waals surface area contributed by atoms with Crippen molar-refractivity contribution in [2.75, 3.05) is 18.6 Å². The van der Waals surface area contributed by atoms with Crippen LogP contribution in [0.4, 0.5) is 0 Å². The fourth-order valence-corrected chi connectivity index (χ4v) is 4.97. The van der Waals surface area contributed by atoms with E-state index >= 15 is 0 Å². The van der Waals surface area contributed by atoms with Crippen molar-refractivity contribution in [3.05, 3.63) is 59.7 Å². The summed E-state index contributed by atoms with van der Waals surface area (Å²) in [5, 5.41) is 9.21. The number of hydrogen-bond donors (Lipinski definition) is 0. The molecular formula is C19H20N2O2S. The van der Waals surface area contributed by atoms with Crippen molar-refractivity contribution < 1.29 is 8.42 Å². The summed E-state index contributed by atoms with van der Waals surface area (Å²) in [6.45, 7) is 0.723. The van der Waals surface area contributed by atoms with Crippen molar-refractivity contribution in [3.63, 3.8) is 0 Å². The van der Waals surface area contributed by atoms with Gasteiger partial charge in [0.15, 0.2) is 9.84 Å². The second-order valence-corrected chi connectivity index (χ2v) is 8.56. The standard InChI is InChI=1S/C19H20N2O2S/c1-21(18-10-11-24(22,23)14-18)13-15-6-8-16(9-7-15)19-5-3-2-4-17(19)12-20/h2-9,18H,10-11,13-14H2,1H3. The Labute approximate surface area is 143 Å². The number of nitrogens with zero attached hydrogens (tertiary/aromatic N) is 2. The Kier molecular flexibility index (Phi) is 4.70. The predicted molar refractivity (Wildman–Crippen MR) is 95.1 cm³/mol. The van der Waals surface area contributed by atoms with Gasteiger partial charge in [-0.25, -0.2) is 8.42 Å². The Morgan fingerprint density at radius 2 is 1.88 bits per heavy atom. The van der Waals surface area contributed by atoms with Crippen LogP contribution < -0.4 is 0 Å². The summed E-state index contributed by atoms with van der Waals surface area (Å²) in [6, 6.07) is 18.0. The Balaban J connectivity index is 1.72. The van der Waals surface area contributed by atoms with Crippen molar-refractivity contribution in [1.82, 2.24) is 4.90 Å². The highest BCUT2D eigenvalue weighted by Crippen LogP contribution is 2.24. The lowest BCUT2D eigenvalue weighted by Gasteiger charge is -2.23. The molecule has 0 N–H and O–H groups in total. The molecule has 1 aliphatic rings. The molecule has 0 spiro atoms. The fourth-order valence-electron chi connectivity index (χ4n) is 3.16. The number of sulfone groups is 1. The van der Waals surface area contributed by atoms with E-state index in [1.807, 2.05) is 55.6 Å². The topological polar surface area (TPSA) is 61.2 Å². The first-order valence-electron chi connectivity index (χ1n) is 7.97. The molecule has 1 unspecified atom stereocenters. The van der Waals surface area contributed by atoms with Crippen LogP contribution in [0.2, 0.25) is 0 Å². The lowest BCUT2D eigenvalue weighted by atomic mass is 9.99. The second-order valence-electron chi connectivity index (χ2n) is 6.33. The summed E-state index contributed by atoms with van der Waals surface area (Å²) in [5.74, 6) is 0.559. The molecule has 0 aromatic heterocycles. The van der Waals surface area contributed by atoms with Crippen LogP contribution in [0.5, 0.6) is 0 Å². The Morgan fingerprint density at radius 1 is 1.17 bits per heavy atom. The Bertz CT molecular complexity index is 867. The van der Waals surface area contributed by atoms with Crippen LogP contribution in [-0.2, 0) is 16.4 Å². The van der Waals surface area contributed by atoms with Crippen molar-refractivity contribution in [3.8, 4) is 17.2 Å². The molecule has 1 saturated heterocycles. The predicted octanol–water partition coefficient (Wildman–Crippen LogP) is 2.84. The maximum Gasteiger partial charge on any atom is 0.151 e. The van der Waals surface area contributed by atoms with Gasteiger partial charge >= 0.3 is 0 Å². The molecule has 0 aliphatic carbocycles. The molecule has 1 atom stereocenters. The first-order chi connectivity index (χ1) is 11.5. The third-order valence-electron chi connectivity index (χ3n) is 4.58. The van der Waals surface area contributed by atoms with Gasteiger partial charge in [-0.05, 0) is 36.2 Å². The minimum Gasteiger partial charge on any atom is -0.298 e. The number of hydrogen-bond acceptors (Lipinski definition) is 4. The van der Waals surface area contributed by atoms with Gasteiger partial charge in [-0.2, -0.15) is 5.26 Å². The molecule has 4 nitrogen and oxygen atoms in total. The van der Waals surface area contributed by atoms with Gasteiger partial charge in [0, 0.05) is 12.6 Å². The van der Waals surface area contributed by atoms with Crippen molar-refractivity contribution >= 4 is 9.84 Å². The molecule has 3 rings (SSSR count). The lowest BCUT2D eigenvalue weighted by Crippen LogP contribution is -2.32. The normalized spacial score (nSPS) is 19.3. The molecule has 2 aromatic carbocycles. The number of nitriles is 1. The first kappa shape index (κ1) is 16.7. The van der Waals surface area contributed by atoms with E-state index in [0.717, 1.165) is 23.2 Å². The summed E-state index contributed by atoms with van der Waals surface area (Å²) in [5.41, 5.74) is 3.75. The van der Waals surface area contributed by atoms with E-state index in [1.165, 1.54) is 0 Å².